The molecule has 0 spiro atoms. The van der Waals surface area contributed by atoms with E-state index in [-0.39, 0.29) is 29.3 Å². The molecule has 1 rings (SSSR count). The third-order valence-electron chi connectivity index (χ3n) is 3.62. The topological polar surface area (TPSA) is 174 Å². The first-order chi connectivity index (χ1) is 13.5. The summed E-state index contributed by atoms with van der Waals surface area (Å²) in [6, 6.07) is 2.53. The summed E-state index contributed by atoms with van der Waals surface area (Å²) in [5.41, 5.74) is 5.73. The number of amides is 3. The second-order valence-electron chi connectivity index (χ2n) is 6.08. The van der Waals surface area contributed by atoms with Gasteiger partial charge in [-0.05, 0) is 31.0 Å². The Morgan fingerprint density at radius 2 is 1.69 bits per heavy atom. The zero-order valence-corrected chi connectivity index (χ0v) is 16.9. The molecule has 0 bridgehead atoms. The lowest BCUT2D eigenvalue weighted by Crippen LogP contribution is -2.48. The minimum Gasteiger partial charge on any atom is -0.480 e. The number of carbonyl (C=O) groups excluding carboxylic acids is 3. The predicted molar refractivity (Wildman–Crippen MR) is 107 cm³/mol. The predicted octanol–water partition coefficient (Wildman–Crippen LogP) is 0.400. The van der Waals surface area contributed by atoms with Gasteiger partial charge in [-0.1, -0.05) is 29.3 Å². The fraction of sp³-hybridized carbons (Fsp3) is 0.353. The summed E-state index contributed by atoms with van der Waals surface area (Å²) in [6.07, 6.45) is -0.748. The summed E-state index contributed by atoms with van der Waals surface area (Å²) in [5.74, 6) is -3.93. The van der Waals surface area contributed by atoms with Crippen molar-refractivity contribution >= 4 is 52.9 Å². The van der Waals surface area contributed by atoms with Crippen molar-refractivity contribution in [3.05, 3.63) is 33.8 Å². The molecular weight excluding hydrogens is 425 g/mol. The van der Waals surface area contributed by atoms with E-state index < -0.39 is 41.7 Å². The van der Waals surface area contributed by atoms with Gasteiger partial charge in [0.2, 0.25) is 23.7 Å². The Morgan fingerprint density at radius 3 is 2.21 bits per heavy atom. The van der Waals surface area contributed by atoms with Crippen LogP contribution in [0.25, 0.3) is 0 Å². The minimum absolute atomic E-state index is 0.207. The second kappa shape index (κ2) is 11.3. The van der Waals surface area contributed by atoms with Crippen molar-refractivity contribution in [3.8, 4) is 0 Å². The lowest BCUT2D eigenvalue weighted by molar-refractivity contribution is -0.142. The van der Waals surface area contributed by atoms with Gasteiger partial charge in [0.25, 0.3) is 0 Å². The number of nitrogens with two attached hydrogens (primary N) is 1. The van der Waals surface area contributed by atoms with Crippen molar-refractivity contribution in [1.29, 1.82) is 5.41 Å². The van der Waals surface area contributed by atoms with E-state index in [2.05, 4.69) is 16.0 Å². The van der Waals surface area contributed by atoms with Crippen LogP contribution in [-0.4, -0.2) is 46.8 Å². The number of rotatable bonds is 8. The van der Waals surface area contributed by atoms with Gasteiger partial charge in [0.1, 0.15) is 6.04 Å². The summed E-state index contributed by atoms with van der Waals surface area (Å²) in [5, 5.41) is 23.8. The molecule has 0 aromatic heterocycles. The molecule has 1 aromatic rings. The highest BCUT2D eigenvalue weighted by Crippen LogP contribution is 2.24. The molecular formula is C17H21Cl2N5O5. The van der Waals surface area contributed by atoms with Crippen molar-refractivity contribution < 1.29 is 24.3 Å². The van der Waals surface area contributed by atoms with Gasteiger partial charge in [0.05, 0.1) is 12.5 Å². The van der Waals surface area contributed by atoms with Crippen LogP contribution in [-0.2, 0) is 25.6 Å². The summed E-state index contributed by atoms with van der Waals surface area (Å²) in [4.78, 5) is 46.5. The normalized spacial score (nSPS) is 12.4. The Bertz CT molecular complexity index is 795. The van der Waals surface area contributed by atoms with Gasteiger partial charge >= 0.3 is 5.97 Å². The van der Waals surface area contributed by atoms with Crippen LogP contribution in [0.3, 0.4) is 0 Å². The third-order valence-corrected chi connectivity index (χ3v) is 4.32. The molecule has 0 aliphatic heterocycles. The number of halogens is 2. The van der Waals surface area contributed by atoms with E-state index in [1.807, 2.05) is 0 Å². The van der Waals surface area contributed by atoms with Gasteiger partial charge in [-0.3, -0.25) is 30.4 Å². The number of hydrogen-bond acceptors (Lipinski definition) is 6. The Hall–Kier alpha value is -2.69. The molecule has 7 N–H and O–H groups in total. The number of carbonyl (C=O) groups is 4. The number of nitrogens with one attached hydrogen (secondary N) is 4. The molecule has 0 fully saturated rings. The molecule has 1 aromatic carbocycles. The van der Waals surface area contributed by atoms with E-state index >= 15 is 0 Å². The molecule has 2 atom stereocenters. The van der Waals surface area contributed by atoms with Crippen LogP contribution in [0.1, 0.15) is 25.3 Å². The number of hydrogen-bond donors (Lipinski definition) is 6. The SMILES string of the molecule is C[C@@H](N)C(=O)N[C@@H](CCC(=O)NC(=N)NC(=O)Cc1c(Cl)cccc1Cl)C(=O)O. The number of carboxylic acid groups (broad SMARTS) is 1. The molecule has 0 aliphatic carbocycles. The van der Waals surface area contributed by atoms with Gasteiger partial charge < -0.3 is 16.2 Å². The van der Waals surface area contributed by atoms with Gasteiger partial charge in [-0.2, -0.15) is 0 Å². The van der Waals surface area contributed by atoms with Gasteiger partial charge in [0, 0.05) is 16.5 Å². The van der Waals surface area contributed by atoms with E-state index in [0.717, 1.165) is 0 Å². The highest BCUT2D eigenvalue weighted by molar-refractivity contribution is 6.36. The molecule has 10 nitrogen and oxygen atoms in total. The van der Waals surface area contributed by atoms with E-state index in [1.54, 1.807) is 18.2 Å². The smallest absolute Gasteiger partial charge is 0.326 e. The van der Waals surface area contributed by atoms with Crippen LogP contribution in [0.4, 0.5) is 0 Å². The van der Waals surface area contributed by atoms with Crippen LogP contribution in [0, 0.1) is 5.41 Å². The lowest BCUT2D eigenvalue weighted by Gasteiger charge is -2.16. The monoisotopic (exact) mass is 445 g/mol. The number of benzene rings is 1. The molecule has 158 valence electrons. The second-order valence-corrected chi connectivity index (χ2v) is 6.89. The average Bonchev–Trinajstić information content (AvgIpc) is 2.61. The van der Waals surface area contributed by atoms with Crippen molar-refractivity contribution in [1.82, 2.24) is 16.0 Å². The van der Waals surface area contributed by atoms with Crippen molar-refractivity contribution in [2.24, 2.45) is 5.73 Å². The van der Waals surface area contributed by atoms with Crippen molar-refractivity contribution in [2.45, 2.75) is 38.3 Å². The quantitative estimate of drug-likeness (QED) is 0.249. The number of carboxylic acids is 1. The zero-order valence-electron chi connectivity index (χ0n) is 15.4. The maximum Gasteiger partial charge on any atom is 0.326 e. The third kappa shape index (κ3) is 8.46. The summed E-state index contributed by atoms with van der Waals surface area (Å²) in [6.45, 7) is 1.39. The molecule has 0 unspecified atom stereocenters. The minimum atomic E-state index is -1.33. The van der Waals surface area contributed by atoms with E-state index in [0.29, 0.717) is 5.56 Å². The van der Waals surface area contributed by atoms with Crippen molar-refractivity contribution in [2.75, 3.05) is 0 Å². The molecule has 12 heteroatoms. The fourth-order valence-electron chi connectivity index (χ4n) is 2.11. The van der Waals surface area contributed by atoms with Crippen LogP contribution >= 0.6 is 23.2 Å². The first-order valence-corrected chi connectivity index (χ1v) is 9.16. The fourth-order valence-corrected chi connectivity index (χ4v) is 2.65. The molecule has 0 heterocycles. The van der Waals surface area contributed by atoms with Gasteiger partial charge in [-0.25, -0.2) is 4.79 Å². The van der Waals surface area contributed by atoms with E-state index in [1.165, 1.54) is 6.92 Å². The molecule has 0 radical (unpaired) electrons. The van der Waals surface area contributed by atoms with Crippen LogP contribution in [0.15, 0.2) is 18.2 Å². The van der Waals surface area contributed by atoms with Gasteiger partial charge in [0.15, 0.2) is 0 Å². The molecule has 0 saturated carbocycles. The maximum absolute atomic E-state index is 12.0. The summed E-state index contributed by atoms with van der Waals surface area (Å²) in [7, 11) is 0. The Kier molecular flexibility index (Phi) is 9.53. The Labute approximate surface area is 176 Å². The first kappa shape index (κ1) is 24.3. The standard InChI is InChI=1S/C17H21Cl2N5O5/c1-8(20)15(27)22-12(16(28)29)5-6-13(25)23-17(21)24-14(26)7-9-10(18)3-2-4-11(9)19/h2-4,8,12H,5-7,20H2,1H3,(H,22,27)(H,28,29)(H3,21,23,24,25,26)/t8-,12+/m1/s1. The summed E-state index contributed by atoms with van der Waals surface area (Å²) < 4.78 is 0. The number of aliphatic carboxylic acids is 1. The molecule has 29 heavy (non-hydrogen) atoms. The van der Waals surface area contributed by atoms with E-state index in [9.17, 15) is 19.2 Å². The molecule has 3 amide bonds. The first-order valence-electron chi connectivity index (χ1n) is 8.41. The highest BCUT2D eigenvalue weighted by Gasteiger charge is 2.22. The maximum atomic E-state index is 12.0. The molecule has 0 aliphatic rings. The molecule has 0 saturated heterocycles. The summed E-state index contributed by atoms with van der Waals surface area (Å²) >= 11 is 11.9. The lowest BCUT2D eigenvalue weighted by atomic mass is 10.1. The van der Waals surface area contributed by atoms with Gasteiger partial charge in [-0.15, -0.1) is 0 Å². The zero-order chi connectivity index (χ0) is 22.1. The Morgan fingerprint density at radius 1 is 1.14 bits per heavy atom. The number of guanidine groups is 1. The largest absolute Gasteiger partial charge is 0.480 e. The van der Waals surface area contributed by atoms with Crippen molar-refractivity contribution in [3.63, 3.8) is 0 Å². The highest BCUT2D eigenvalue weighted by atomic mass is 35.5. The Balaban J connectivity index is 2.50. The van der Waals surface area contributed by atoms with Crippen LogP contribution in [0.5, 0.6) is 0 Å². The van der Waals surface area contributed by atoms with E-state index in [4.69, 9.17) is 39.5 Å². The average molecular weight is 446 g/mol. The van der Waals surface area contributed by atoms with Crippen LogP contribution < -0.4 is 21.7 Å². The van der Waals surface area contributed by atoms with Crippen LogP contribution in [0.2, 0.25) is 10.0 Å².